The lowest BCUT2D eigenvalue weighted by molar-refractivity contribution is -0.148. The van der Waals surface area contributed by atoms with Gasteiger partial charge in [-0.15, -0.1) is 0 Å². The number of ether oxygens (including phenoxy) is 2. The van der Waals surface area contributed by atoms with Crippen LogP contribution in [0.1, 0.15) is 30.5 Å². The smallest absolute Gasteiger partial charge is 0.317 e. The average Bonchev–Trinajstić information content (AvgIpc) is 2.71. The Morgan fingerprint density at radius 2 is 1.89 bits per heavy atom. The summed E-state index contributed by atoms with van der Waals surface area (Å²) >= 11 is 0. The summed E-state index contributed by atoms with van der Waals surface area (Å²) in [5, 5.41) is 0. The summed E-state index contributed by atoms with van der Waals surface area (Å²) in [6, 6.07) is 11.5. The van der Waals surface area contributed by atoms with E-state index in [2.05, 4.69) is 9.98 Å². The van der Waals surface area contributed by atoms with Gasteiger partial charge in [0.15, 0.2) is 0 Å². The van der Waals surface area contributed by atoms with Gasteiger partial charge in [-0.1, -0.05) is 43.3 Å². The number of carbonyl (C=O) groups is 1. The normalized spacial score (nSPS) is 18.9. The summed E-state index contributed by atoms with van der Waals surface area (Å²) < 4.78 is 38.4. The van der Waals surface area contributed by atoms with Gasteiger partial charge in [0.05, 0.1) is 7.11 Å². The van der Waals surface area contributed by atoms with Crippen molar-refractivity contribution in [1.82, 2.24) is 0 Å². The monoisotopic (exact) mass is 386 g/mol. The van der Waals surface area contributed by atoms with Gasteiger partial charge < -0.3 is 9.47 Å². The van der Waals surface area contributed by atoms with E-state index in [0.29, 0.717) is 12.1 Å². The summed E-state index contributed by atoms with van der Waals surface area (Å²) in [5.74, 6) is -2.99. The van der Waals surface area contributed by atoms with Crippen molar-refractivity contribution in [3.63, 3.8) is 0 Å². The molecule has 0 radical (unpaired) electrons. The molecule has 0 amide bonds. The molecule has 7 heteroatoms. The van der Waals surface area contributed by atoms with Gasteiger partial charge >= 0.3 is 12.0 Å². The molecule has 0 fully saturated rings. The minimum Gasteiger partial charge on any atom is -0.467 e. The van der Waals surface area contributed by atoms with E-state index in [0.717, 1.165) is 17.7 Å². The number of methoxy groups -OCH3 is 1. The van der Waals surface area contributed by atoms with Crippen molar-refractivity contribution >= 4 is 17.7 Å². The van der Waals surface area contributed by atoms with Crippen LogP contribution < -0.4 is 0 Å². The van der Waals surface area contributed by atoms with Gasteiger partial charge in [0.25, 0.3) is 0 Å². The molecule has 2 aromatic rings. The molecule has 1 aliphatic rings. The fourth-order valence-electron chi connectivity index (χ4n) is 3.07. The lowest BCUT2D eigenvalue weighted by atomic mass is 9.87. The number of amidine groups is 1. The van der Waals surface area contributed by atoms with Crippen LogP contribution in [-0.4, -0.2) is 24.8 Å². The molecule has 1 heterocycles. The number of hydrogen-bond donors (Lipinski definition) is 0. The van der Waals surface area contributed by atoms with Crippen LogP contribution in [0.4, 0.5) is 8.78 Å². The largest absolute Gasteiger partial charge is 0.467 e. The highest BCUT2D eigenvalue weighted by Gasteiger charge is 2.39. The highest BCUT2D eigenvalue weighted by molar-refractivity contribution is 6.08. The number of carbonyl (C=O) groups excluding carboxylic acids is 1. The zero-order valence-electron chi connectivity index (χ0n) is 15.6. The lowest BCUT2D eigenvalue weighted by Gasteiger charge is -2.27. The van der Waals surface area contributed by atoms with Crippen LogP contribution in [0.25, 0.3) is 0 Å². The Labute approximate surface area is 161 Å². The van der Waals surface area contributed by atoms with Crippen LogP contribution in [0.15, 0.2) is 58.5 Å². The second kappa shape index (κ2) is 8.73. The third-order valence-electron chi connectivity index (χ3n) is 4.47. The Kier molecular flexibility index (Phi) is 6.13. The van der Waals surface area contributed by atoms with Gasteiger partial charge in [0, 0.05) is 17.3 Å². The maximum atomic E-state index is 14.4. The van der Waals surface area contributed by atoms with Crippen molar-refractivity contribution in [2.75, 3.05) is 7.11 Å². The topological polar surface area (TPSA) is 60.2 Å². The van der Waals surface area contributed by atoms with Gasteiger partial charge in [0.1, 0.15) is 30.2 Å². The van der Waals surface area contributed by atoms with E-state index in [9.17, 15) is 13.6 Å². The fourth-order valence-corrected chi connectivity index (χ4v) is 3.07. The fraction of sp³-hybridized carbons (Fsp3) is 0.286. The predicted molar refractivity (Wildman–Crippen MR) is 101 cm³/mol. The molecule has 28 heavy (non-hydrogen) atoms. The highest BCUT2D eigenvalue weighted by Crippen LogP contribution is 2.34. The first-order valence-electron chi connectivity index (χ1n) is 8.88. The minimum atomic E-state index is -0.953. The number of halogens is 2. The molecule has 146 valence electrons. The lowest BCUT2D eigenvalue weighted by Crippen LogP contribution is -2.35. The van der Waals surface area contributed by atoms with Crippen molar-refractivity contribution < 1.29 is 23.0 Å². The Morgan fingerprint density at radius 1 is 1.14 bits per heavy atom. The summed E-state index contributed by atoms with van der Waals surface area (Å²) in [5.41, 5.74) is 1.38. The van der Waals surface area contributed by atoms with Gasteiger partial charge in [-0.2, -0.15) is 0 Å². The summed E-state index contributed by atoms with van der Waals surface area (Å²) in [6.45, 7) is 1.90. The number of esters is 1. The molecule has 0 spiro atoms. The van der Waals surface area contributed by atoms with E-state index in [4.69, 9.17) is 9.47 Å². The second-order valence-electron chi connectivity index (χ2n) is 6.25. The van der Waals surface area contributed by atoms with Crippen LogP contribution in [0.2, 0.25) is 0 Å². The van der Waals surface area contributed by atoms with E-state index in [1.54, 1.807) is 0 Å². The molecule has 0 bridgehead atoms. The van der Waals surface area contributed by atoms with Crippen LogP contribution in [0.3, 0.4) is 0 Å². The van der Waals surface area contributed by atoms with E-state index in [1.165, 1.54) is 13.2 Å². The van der Waals surface area contributed by atoms with Crippen LogP contribution >= 0.6 is 0 Å². The van der Waals surface area contributed by atoms with Gasteiger partial charge in [-0.3, -0.25) is 4.79 Å². The van der Waals surface area contributed by atoms with Gasteiger partial charge in [0.2, 0.25) is 0 Å². The number of nitrogens with zero attached hydrogens (tertiary/aromatic N) is 2. The van der Waals surface area contributed by atoms with E-state index >= 15 is 0 Å². The molecule has 5 nitrogen and oxygen atoms in total. The Morgan fingerprint density at radius 3 is 2.54 bits per heavy atom. The summed E-state index contributed by atoms with van der Waals surface area (Å²) in [6.07, 6.45) is 0.423. The zero-order chi connectivity index (χ0) is 20.1. The maximum Gasteiger partial charge on any atom is 0.317 e. The van der Waals surface area contributed by atoms with Gasteiger partial charge in [-0.05, 0) is 18.1 Å². The minimum absolute atomic E-state index is 0.0395. The van der Waals surface area contributed by atoms with Crippen molar-refractivity contribution in [2.24, 2.45) is 15.9 Å². The Hall–Kier alpha value is -3.09. The van der Waals surface area contributed by atoms with Crippen molar-refractivity contribution in [2.45, 2.75) is 26.0 Å². The molecular weight excluding hydrogens is 366 g/mol. The van der Waals surface area contributed by atoms with Crippen LogP contribution in [0, 0.1) is 17.6 Å². The summed E-state index contributed by atoms with van der Waals surface area (Å²) in [4.78, 5) is 21.4. The van der Waals surface area contributed by atoms with Crippen LogP contribution in [0.5, 0.6) is 0 Å². The first kappa shape index (κ1) is 19.7. The standard InChI is InChI=1S/C21H20F2N2O3/c1-3-17-18(20(26)28-12-13-7-5-4-6-8-13)19(25-21(24-17)27-2)15-10-9-14(22)11-16(15)23/h4-11,18-19H,3,12H2,1-2H3. The van der Waals surface area contributed by atoms with Crippen LogP contribution in [-0.2, 0) is 20.9 Å². The zero-order valence-corrected chi connectivity index (χ0v) is 15.6. The third-order valence-corrected chi connectivity index (χ3v) is 4.47. The average molecular weight is 386 g/mol. The number of aliphatic imine (C=N–C) groups is 2. The number of benzene rings is 2. The highest BCUT2D eigenvalue weighted by atomic mass is 19.1. The SMILES string of the molecule is CCC1=NC(OC)=NC(c2ccc(F)cc2F)C1C(=O)OCc1ccccc1. The molecule has 0 N–H and O–H groups in total. The van der Waals surface area contributed by atoms with E-state index < -0.39 is 29.6 Å². The quantitative estimate of drug-likeness (QED) is 0.723. The molecule has 1 aliphatic heterocycles. The Balaban J connectivity index is 1.92. The number of hydrogen-bond acceptors (Lipinski definition) is 5. The summed E-state index contributed by atoms with van der Waals surface area (Å²) in [7, 11) is 1.39. The first-order chi connectivity index (χ1) is 13.5. The third kappa shape index (κ3) is 4.24. The molecule has 2 aromatic carbocycles. The molecule has 2 atom stereocenters. The molecule has 0 saturated carbocycles. The molecule has 0 aromatic heterocycles. The molecule has 2 unspecified atom stereocenters. The van der Waals surface area contributed by atoms with Crippen molar-refractivity contribution in [1.29, 1.82) is 0 Å². The molecule has 0 saturated heterocycles. The predicted octanol–water partition coefficient (Wildman–Crippen LogP) is 4.23. The van der Waals surface area contributed by atoms with E-state index in [-0.39, 0.29) is 18.2 Å². The first-order valence-corrected chi connectivity index (χ1v) is 8.88. The maximum absolute atomic E-state index is 14.4. The van der Waals surface area contributed by atoms with Crippen molar-refractivity contribution in [3.05, 3.63) is 71.3 Å². The molecule has 0 aliphatic carbocycles. The Bertz CT molecular complexity index is 913. The number of rotatable bonds is 5. The van der Waals surface area contributed by atoms with Crippen molar-refractivity contribution in [3.8, 4) is 0 Å². The van der Waals surface area contributed by atoms with Gasteiger partial charge in [-0.25, -0.2) is 18.8 Å². The molecule has 3 rings (SSSR count). The molecular formula is C21H20F2N2O3. The second-order valence-corrected chi connectivity index (χ2v) is 6.25. The van der Waals surface area contributed by atoms with E-state index in [1.807, 2.05) is 37.3 Å².